The molecule has 0 aliphatic carbocycles. The van der Waals surface area contributed by atoms with Crippen LogP contribution in [0.3, 0.4) is 0 Å². The van der Waals surface area contributed by atoms with E-state index in [-0.39, 0.29) is 5.56 Å². The number of anilines is 1. The minimum absolute atomic E-state index is 0.278. The zero-order chi connectivity index (χ0) is 16.9. The van der Waals surface area contributed by atoms with Crippen LogP contribution in [0.5, 0.6) is 0 Å². The Morgan fingerprint density at radius 3 is 1.95 bits per heavy atom. The van der Waals surface area contributed by atoms with Crippen molar-refractivity contribution in [1.82, 2.24) is 0 Å². The minimum Gasteiger partial charge on any atom is -0.396 e. The van der Waals surface area contributed by atoms with Crippen LogP contribution in [0.4, 0.5) is 32.0 Å². The first-order valence-corrected chi connectivity index (χ1v) is 5.87. The number of para-hydroxylation sites is 1. The molecule has 0 aliphatic rings. The molecule has 0 saturated carbocycles. The fourth-order valence-electron chi connectivity index (χ4n) is 1.47. The van der Waals surface area contributed by atoms with Crippen molar-refractivity contribution in [2.45, 2.75) is 12.5 Å². The molecule has 0 heterocycles. The van der Waals surface area contributed by atoms with E-state index in [9.17, 15) is 26.3 Å². The highest BCUT2D eigenvalue weighted by molar-refractivity contribution is 5.49. The lowest BCUT2D eigenvalue weighted by Crippen LogP contribution is -2.26. The normalized spacial score (nSPS) is 11.1. The van der Waals surface area contributed by atoms with Gasteiger partial charge < -0.3 is 5.73 Å². The molecule has 2 nitrogen and oxygen atoms in total. The number of rotatable bonds is 2. The number of halogens is 6. The van der Waals surface area contributed by atoms with E-state index < -0.39 is 35.4 Å². The van der Waals surface area contributed by atoms with Crippen molar-refractivity contribution in [2.75, 3.05) is 5.73 Å². The van der Waals surface area contributed by atoms with Gasteiger partial charge in [0.05, 0.1) is 11.3 Å². The Labute approximate surface area is 122 Å². The molecule has 0 bridgehead atoms. The molecule has 0 saturated heterocycles. The molecular formula is C14H12F6N2. The largest absolute Gasteiger partial charge is 0.396 e. The highest BCUT2D eigenvalue weighted by Crippen LogP contribution is 2.28. The van der Waals surface area contributed by atoms with Gasteiger partial charge in [-0.3, -0.25) is 5.73 Å². The van der Waals surface area contributed by atoms with Gasteiger partial charge in [-0.25, -0.2) is 17.6 Å². The first-order chi connectivity index (χ1) is 10.1. The first-order valence-electron chi connectivity index (χ1n) is 5.87. The molecule has 2 aromatic rings. The van der Waals surface area contributed by atoms with Gasteiger partial charge in [0.1, 0.15) is 11.6 Å². The smallest absolute Gasteiger partial charge is 0.329 e. The van der Waals surface area contributed by atoms with Gasteiger partial charge >= 0.3 is 6.05 Å². The zero-order valence-electron chi connectivity index (χ0n) is 11.0. The molecule has 0 aromatic heterocycles. The quantitative estimate of drug-likeness (QED) is 0.495. The van der Waals surface area contributed by atoms with Crippen LogP contribution in [0, 0.1) is 11.6 Å². The third-order valence-corrected chi connectivity index (χ3v) is 2.51. The van der Waals surface area contributed by atoms with Crippen molar-refractivity contribution in [3.63, 3.8) is 0 Å². The topological polar surface area (TPSA) is 52.0 Å². The first kappa shape index (κ1) is 17.8. The van der Waals surface area contributed by atoms with Gasteiger partial charge in [0.15, 0.2) is 0 Å². The average molecular weight is 322 g/mol. The van der Waals surface area contributed by atoms with Gasteiger partial charge in [-0.05, 0) is 24.3 Å². The lowest BCUT2D eigenvalue weighted by atomic mass is 10.1. The van der Waals surface area contributed by atoms with Crippen molar-refractivity contribution < 1.29 is 26.3 Å². The van der Waals surface area contributed by atoms with Crippen LogP contribution in [-0.2, 0) is 6.05 Å². The molecule has 0 unspecified atom stereocenters. The van der Waals surface area contributed by atoms with Crippen LogP contribution >= 0.6 is 0 Å². The van der Waals surface area contributed by atoms with E-state index in [1.807, 2.05) is 0 Å². The van der Waals surface area contributed by atoms with E-state index in [0.717, 1.165) is 30.3 Å². The summed E-state index contributed by atoms with van der Waals surface area (Å²) < 4.78 is 73.2. The van der Waals surface area contributed by atoms with Crippen molar-refractivity contribution >= 4 is 5.69 Å². The Kier molecular flexibility index (Phi) is 5.81. The zero-order valence-corrected chi connectivity index (χ0v) is 11.0. The number of nitrogens with two attached hydrogens (primary N) is 2. The molecule has 0 aliphatic heterocycles. The second-order valence-corrected chi connectivity index (χ2v) is 4.18. The maximum absolute atomic E-state index is 12.6. The maximum atomic E-state index is 12.6. The molecule has 0 fully saturated rings. The van der Waals surface area contributed by atoms with Crippen molar-refractivity contribution in [2.24, 2.45) is 5.73 Å². The van der Waals surface area contributed by atoms with Gasteiger partial charge in [-0.1, -0.05) is 18.2 Å². The van der Waals surface area contributed by atoms with Crippen LogP contribution in [-0.4, -0.2) is 0 Å². The summed E-state index contributed by atoms with van der Waals surface area (Å²) >= 11 is 0. The molecule has 2 aromatic carbocycles. The molecule has 120 valence electrons. The lowest BCUT2D eigenvalue weighted by molar-refractivity contribution is 0.00355. The van der Waals surface area contributed by atoms with Gasteiger partial charge in [-0.2, -0.15) is 8.78 Å². The standard InChI is InChI=1S/C7H7F3N2.C7H5F3/c8-5-3-1-2-4(6(5)11)7(9,10)12;8-6-3-1-2-5(4-6)7(9)10/h1-3H,11-12H2;1-4,7H. The number of hydrogen-bond donors (Lipinski definition) is 2. The summed E-state index contributed by atoms with van der Waals surface area (Å²) in [7, 11) is 0. The molecule has 4 N–H and O–H groups in total. The van der Waals surface area contributed by atoms with Crippen LogP contribution < -0.4 is 11.5 Å². The Hall–Kier alpha value is -2.22. The van der Waals surface area contributed by atoms with Crippen molar-refractivity contribution in [3.05, 3.63) is 65.2 Å². The molecule has 2 rings (SSSR count). The second-order valence-electron chi connectivity index (χ2n) is 4.18. The van der Waals surface area contributed by atoms with Gasteiger partial charge in [0.25, 0.3) is 6.43 Å². The number of hydrogen-bond acceptors (Lipinski definition) is 2. The maximum Gasteiger partial charge on any atom is 0.329 e. The van der Waals surface area contributed by atoms with E-state index in [4.69, 9.17) is 5.73 Å². The molecule has 8 heteroatoms. The monoisotopic (exact) mass is 322 g/mol. The third kappa shape index (κ3) is 4.96. The summed E-state index contributed by atoms with van der Waals surface area (Å²) in [4.78, 5) is 0. The van der Waals surface area contributed by atoms with Gasteiger partial charge in [0.2, 0.25) is 0 Å². The highest BCUT2D eigenvalue weighted by Gasteiger charge is 2.28. The SMILES string of the molecule is Fc1cccc(C(F)F)c1.Nc1c(F)cccc1C(N)(F)F. The predicted octanol–water partition coefficient (Wildman–Crippen LogP) is 4.18. The summed E-state index contributed by atoms with van der Waals surface area (Å²) in [6.45, 7) is 0. The van der Waals surface area contributed by atoms with E-state index in [1.54, 1.807) is 0 Å². The second kappa shape index (κ2) is 7.17. The fraction of sp³-hybridized carbons (Fsp3) is 0.143. The number of benzene rings is 2. The van der Waals surface area contributed by atoms with Crippen LogP contribution in [0.25, 0.3) is 0 Å². The summed E-state index contributed by atoms with van der Waals surface area (Å²) in [5, 5.41) is 0. The van der Waals surface area contributed by atoms with Crippen LogP contribution in [0.2, 0.25) is 0 Å². The van der Waals surface area contributed by atoms with E-state index in [0.29, 0.717) is 0 Å². The Balaban J connectivity index is 0.000000224. The Bertz CT molecular complexity index is 625. The summed E-state index contributed by atoms with van der Waals surface area (Å²) in [5.41, 5.74) is 7.90. The lowest BCUT2D eigenvalue weighted by Gasteiger charge is -2.12. The molecule has 0 spiro atoms. The number of alkyl halides is 4. The molecule has 0 atom stereocenters. The van der Waals surface area contributed by atoms with Crippen LogP contribution in [0.15, 0.2) is 42.5 Å². The molecular weight excluding hydrogens is 310 g/mol. The fourth-order valence-corrected chi connectivity index (χ4v) is 1.47. The predicted molar refractivity (Wildman–Crippen MR) is 70.3 cm³/mol. The van der Waals surface area contributed by atoms with E-state index >= 15 is 0 Å². The molecule has 22 heavy (non-hydrogen) atoms. The number of nitrogen functional groups attached to an aromatic ring is 1. The van der Waals surface area contributed by atoms with Crippen LogP contribution in [0.1, 0.15) is 17.6 Å². The van der Waals surface area contributed by atoms with Crippen molar-refractivity contribution in [1.29, 1.82) is 0 Å². The van der Waals surface area contributed by atoms with Gasteiger partial charge in [-0.15, -0.1) is 0 Å². The van der Waals surface area contributed by atoms with E-state index in [2.05, 4.69) is 5.73 Å². The minimum atomic E-state index is -3.59. The highest BCUT2D eigenvalue weighted by atomic mass is 19.3. The Morgan fingerprint density at radius 2 is 1.55 bits per heavy atom. The molecule has 0 radical (unpaired) electrons. The summed E-state index contributed by atoms with van der Waals surface area (Å²) in [5.74, 6) is -1.52. The third-order valence-electron chi connectivity index (χ3n) is 2.51. The average Bonchev–Trinajstić information content (AvgIpc) is 2.41. The Morgan fingerprint density at radius 1 is 0.955 bits per heavy atom. The summed E-state index contributed by atoms with van der Waals surface area (Å²) in [6.07, 6.45) is -2.59. The van der Waals surface area contributed by atoms with E-state index in [1.165, 1.54) is 12.1 Å². The van der Waals surface area contributed by atoms with Crippen molar-refractivity contribution in [3.8, 4) is 0 Å². The van der Waals surface area contributed by atoms with Gasteiger partial charge in [0, 0.05) is 5.56 Å². The summed E-state index contributed by atoms with van der Waals surface area (Å²) in [6, 6.07) is 3.91. The molecule has 0 amide bonds.